The predicted molar refractivity (Wildman–Crippen MR) is 88.8 cm³/mol. The summed E-state index contributed by atoms with van der Waals surface area (Å²) in [5, 5.41) is 2.91. The maximum atomic E-state index is 12.2. The highest BCUT2D eigenvalue weighted by Crippen LogP contribution is 2.20. The van der Waals surface area contributed by atoms with E-state index in [0.717, 1.165) is 21.3 Å². The smallest absolute Gasteiger partial charge is 0.265 e. The number of amides is 1. The van der Waals surface area contributed by atoms with E-state index in [9.17, 15) is 4.79 Å². The number of hydrogen-bond donors (Lipinski definition) is 1. The number of carbonyl (C=O) groups excluding carboxylic acids is 1. The predicted octanol–water partition coefficient (Wildman–Crippen LogP) is 4.47. The zero-order chi connectivity index (χ0) is 15.4. The maximum Gasteiger partial charge on any atom is 0.265 e. The van der Waals surface area contributed by atoms with Crippen molar-refractivity contribution in [1.82, 2.24) is 0 Å². The Morgan fingerprint density at radius 1 is 1.19 bits per heavy atom. The Kier molecular flexibility index (Phi) is 5.02. The van der Waals surface area contributed by atoms with Crippen molar-refractivity contribution in [2.75, 3.05) is 5.32 Å². The van der Waals surface area contributed by atoms with Gasteiger partial charge in [-0.3, -0.25) is 4.79 Å². The van der Waals surface area contributed by atoms with Gasteiger partial charge in [0.25, 0.3) is 5.91 Å². The number of anilines is 1. The summed E-state index contributed by atoms with van der Waals surface area (Å²) in [6.45, 7) is 5.70. The van der Waals surface area contributed by atoms with Crippen LogP contribution in [-0.2, 0) is 4.79 Å². The van der Waals surface area contributed by atoms with Crippen molar-refractivity contribution in [3.8, 4) is 5.75 Å². The highest BCUT2D eigenvalue weighted by Gasteiger charge is 2.15. The number of hydrogen-bond acceptors (Lipinski definition) is 2. The van der Waals surface area contributed by atoms with E-state index in [0.29, 0.717) is 5.75 Å². The summed E-state index contributed by atoms with van der Waals surface area (Å²) in [7, 11) is 0. The molecule has 1 atom stereocenters. The molecule has 0 saturated carbocycles. The number of carbonyl (C=O) groups is 1. The summed E-state index contributed by atoms with van der Waals surface area (Å²) in [5.41, 5.74) is 2.96. The van der Waals surface area contributed by atoms with Gasteiger partial charge >= 0.3 is 0 Å². The number of halogens is 1. The van der Waals surface area contributed by atoms with Crippen molar-refractivity contribution >= 4 is 27.5 Å². The number of ether oxygens (including phenoxy) is 1. The average molecular weight is 348 g/mol. The molecule has 0 spiro atoms. The van der Waals surface area contributed by atoms with Crippen LogP contribution in [0.1, 0.15) is 18.1 Å². The van der Waals surface area contributed by atoms with Crippen LogP contribution in [0, 0.1) is 13.8 Å². The van der Waals surface area contributed by atoms with Crippen molar-refractivity contribution < 1.29 is 9.53 Å². The van der Waals surface area contributed by atoms with E-state index in [2.05, 4.69) is 21.2 Å². The van der Waals surface area contributed by atoms with Crippen LogP contribution < -0.4 is 10.1 Å². The molecule has 0 saturated heterocycles. The fourth-order valence-electron chi connectivity index (χ4n) is 1.90. The van der Waals surface area contributed by atoms with Gasteiger partial charge in [0.1, 0.15) is 5.75 Å². The molecule has 0 fully saturated rings. The summed E-state index contributed by atoms with van der Waals surface area (Å²) in [6.07, 6.45) is -0.570. The van der Waals surface area contributed by atoms with E-state index in [1.54, 1.807) is 6.92 Å². The molecule has 2 aromatic carbocycles. The SMILES string of the molecule is Cc1ccc(C)c(NC(=O)C(C)Oc2cccc(Br)c2)c1. The highest BCUT2D eigenvalue weighted by molar-refractivity contribution is 9.10. The van der Waals surface area contributed by atoms with Crippen molar-refractivity contribution in [1.29, 1.82) is 0 Å². The Labute approximate surface area is 133 Å². The third kappa shape index (κ3) is 4.33. The van der Waals surface area contributed by atoms with Gasteiger partial charge in [-0.2, -0.15) is 0 Å². The van der Waals surface area contributed by atoms with Crippen molar-refractivity contribution in [2.24, 2.45) is 0 Å². The number of rotatable bonds is 4. The van der Waals surface area contributed by atoms with E-state index in [1.807, 2.05) is 56.3 Å². The van der Waals surface area contributed by atoms with Gasteiger partial charge in [-0.15, -0.1) is 0 Å². The van der Waals surface area contributed by atoms with Gasteiger partial charge in [-0.25, -0.2) is 0 Å². The molecule has 1 N–H and O–H groups in total. The van der Waals surface area contributed by atoms with Gasteiger partial charge in [0.05, 0.1) is 0 Å². The summed E-state index contributed by atoms with van der Waals surface area (Å²) < 4.78 is 6.58. The van der Waals surface area contributed by atoms with Crippen LogP contribution in [0.3, 0.4) is 0 Å². The standard InChI is InChI=1S/C17H18BrNO2/c1-11-7-8-12(2)16(9-11)19-17(20)13(3)21-15-6-4-5-14(18)10-15/h4-10,13H,1-3H3,(H,19,20). The first-order valence-corrected chi connectivity index (χ1v) is 7.55. The largest absolute Gasteiger partial charge is 0.481 e. The fraction of sp³-hybridized carbons (Fsp3) is 0.235. The Morgan fingerprint density at radius 3 is 2.67 bits per heavy atom. The van der Waals surface area contributed by atoms with Crippen LogP contribution in [0.25, 0.3) is 0 Å². The maximum absolute atomic E-state index is 12.2. The lowest BCUT2D eigenvalue weighted by Crippen LogP contribution is -2.30. The minimum atomic E-state index is -0.570. The lowest BCUT2D eigenvalue weighted by atomic mass is 10.1. The van der Waals surface area contributed by atoms with E-state index in [1.165, 1.54) is 0 Å². The van der Waals surface area contributed by atoms with Gasteiger partial charge < -0.3 is 10.1 Å². The summed E-state index contributed by atoms with van der Waals surface area (Å²) >= 11 is 3.38. The topological polar surface area (TPSA) is 38.3 Å². The van der Waals surface area contributed by atoms with Crippen LogP contribution >= 0.6 is 15.9 Å². The van der Waals surface area contributed by atoms with Gasteiger partial charge in [-0.05, 0) is 56.2 Å². The minimum absolute atomic E-state index is 0.163. The van der Waals surface area contributed by atoms with Crippen LogP contribution in [-0.4, -0.2) is 12.0 Å². The van der Waals surface area contributed by atoms with Crippen LogP contribution in [0.2, 0.25) is 0 Å². The zero-order valence-electron chi connectivity index (χ0n) is 12.3. The molecule has 0 aromatic heterocycles. The Balaban J connectivity index is 2.04. The molecule has 0 heterocycles. The van der Waals surface area contributed by atoms with Crippen LogP contribution in [0.4, 0.5) is 5.69 Å². The molecule has 3 nitrogen and oxygen atoms in total. The zero-order valence-corrected chi connectivity index (χ0v) is 13.9. The number of benzene rings is 2. The van der Waals surface area contributed by atoms with Crippen molar-refractivity contribution in [2.45, 2.75) is 26.9 Å². The molecular formula is C17H18BrNO2. The monoisotopic (exact) mass is 347 g/mol. The molecule has 0 bridgehead atoms. The Hall–Kier alpha value is -1.81. The fourth-order valence-corrected chi connectivity index (χ4v) is 2.28. The molecule has 0 aliphatic carbocycles. The van der Waals surface area contributed by atoms with Crippen LogP contribution in [0.5, 0.6) is 5.75 Å². The lowest BCUT2D eigenvalue weighted by Gasteiger charge is -2.16. The normalized spacial score (nSPS) is 11.8. The Morgan fingerprint density at radius 2 is 1.95 bits per heavy atom. The second kappa shape index (κ2) is 6.76. The molecule has 0 radical (unpaired) electrons. The molecule has 110 valence electrons. The van der Waals surface area contributed by atoms with Gasteiger partial charge in [0, 0.05) is 10.2 Å². The van der Waals surface area contributed by atoms with E-state index in [4.69, 9.17) is 4.74 Å². The van der Waals surface area contributed by atoms with Gasteiger partial charge in [-0.1, -0.05) is 34.1 Å². The third-order valence-electron chi connectivity index (χ3n) is 3.13. The average Bonchev–Trinajstić information content (AvgIpc) is 2.43. The third-order valence-corrected chi connectivity index (χ3v) is 3.62. The van der Waals surface area contributed by atoms with Crippen LogP contribution in [0.15, 0.2) is 46.9 Å². The van der Waals surface area contributed by atoms with E-state index in [-0.39, 0.29) is 5.91 Å². The first-order valence-electron chi connectivity index (χ1n) is 6.76. The number of aryl methyl sites for hydroxylation is 2. The highest BCUT2D eigenvalue weighted by atomic mass is 79.9. The summed E-state index contributed by atoms with van der Waals surface area (Å²) in [4.78, 5) is 12.2. The second-order valence-electron chi connectivity index (χ2n) is 5.03. The Bertz CT molecular complexity index is 655. The first kappa shape index (κ1) is 15.6. The molecule has 2 aromatic rings. The van der Waals surface area contributed by atoms with Gasteiger partial charge in [0.15, 0.2) is 6.10 Å². The molecule has 2 rings (SSSR count). The second-order valence-corrected chi connectivity index (χ2v) is 5.94. The van der Waals surface area contributed by atoms with Gasteiger partial charge in [0.2, 0.25) is 0 Å². The molecule has 21 heavy (non-hydrogen) atoms. The van der Waals surface area contributed by atoms with Crippen molar-refractivity contribution in [3.05, 3.63) is 58.1 Å². The lowest BCUT2D eigenvalue weighted by molar-refractivity contribution is -0.122. The van der Waals surface area contributed by atoms with E-state index >= 15 is 0 Å². The van der Waals surface area contributed by atoms with Crippen molar-refractivity contribution in [3.63, 3.8) is 0 Å². The number of nitrogens with one attached hydrogen (secondary N) is 1. The molecule has 4 heteroatoms. The van der Waals surface area contributed by atoms with E-state index < -0.39 is 6.10 Å². The first-order chi connectivity index (χ1) is 9.95. The minimum Gasteiger partial charge on any atom is -0.481 e. The quantitative estimate of drug-likeness (QED) is 0.885. The molecular weight excluding hydrogens is 330 g/mol. The molecule has 1 unspecified atom stereocenters. The molecule has 0 aliphatic rings. The summed E-state index contributed by atoms with van der Waals surface area (Å²) in [6, 6.07) is 13.4. The molecule has 1 amide bonds. The summed E-state index contributed by atoms with van der Waals surface area (Å²) in [5.74, 6) is 0.497. The molecule has 0 aliphatic heterocycles.